The number of phenols is 1. The lowest BCUT2D eigenvalue weighted by molar-refractivity contribution is 0.0824. The standard InChI is InChI=1S/C25H31N5O2S/c1-25(2,3)21(17-13-12-15-8-6-9-16(15)14-17)27-23-22(28-33-29-23)26-19-11-7-10-18(20(19)31)24(32)30(4)5/h7,10-14,21,31H,6,8-9H2,1-5H3,(H,26,28)(H,27,29)/t21-/m0/s1. The molecule has 1 aliphatic carbocycles. The molecule has 1 aliphatic rings. The van der Waals surface area contributed by atoms with Gasteiger partial charge in [-0.3, -0.25) is 4.79 Å². The van der Waals surface area contributed by atoms with Gasteiger partial charge in [0.15, 0.2) is 17.4 Å². The van der Waals surface area contributed by atoms with E-state index < -0.39 is 0 Å². The molecule has 2 aromatic carbocycles. The molecule has 1 aromatic heterocycles. The Morgan fingerprint density at radius 2 is 1.82 bits per heavy atom. The minimum atomic E-state index is -0.268. The Kier molecular flexibility index (Phi) is 6.30. The summed E-state index contributed by atoms with van der Waals surface area (Å²) in [6.07, 6.45) is 3.51. The molecule has 0 unspecified atom stereocenters. The smallest absolute Gasteiger partial charge is 0.257 e. The minimum absolute atomic E-state index is 0.0168. The molecule has 8 heteroatoms. The van der Waals surface area contributed by atoms with Crippen molar-refractivity contribution in [2.75, 3.05) is 24.7 Å². The lowest BCUT2D eigenvalue weighted by atomic mass is 9.81. The second kappa shape index (κ2) is 9.02. The molecular weight excluding hydrogens is 434 g/mol. The maximum atomic E-state index is 12.4. The summed E-state index contributed by atoms with van der Waals surface area (Å²) in [5.74, 6) is 0.751. The molecular formula is C25H31N5O2S. The van der Waals surface area contributed by atoms with Crippen LogP contribution in [0.4, 0.5) is 17.3 Å². The van der Waals surface area contributed by atoms with Gasteiger partial charge in [-0.1, -0.05) is 45.0 Å². The number of carbonyl (C=O) groups excluding carboxylic acids is 1. The van der Waals surface area contributed by atoms with Crippen LogP contribution in [0.15, 0.2) is 36.4 Å². The third-order valence-electron chi connectivity index (χ3n) is 6.02. The van der Waals surface area contributed by atoms with Gasteiger partial charge in [-0.15, -0.1) is 0 Å². The van der Waals surface area contributed by atoms with Crippen LogP contribution in [0.1, 0.15) is 60.3 Å². The van der Waals surface area contributed by atoms with Crippen molar-refractivity contribution in [3.8, 4) is 5.75 Å². The highest BCUT2D eigenvalue weighted by Gasteiger charge is 2.29. The Labute approximate surface area is 199 Å². The number of nitrogens with one attached hydrogen (secondary N) is 2. The maximum Gasteiger partial charge on any atom is 0.257 e. The highest BCUT2D eigenvalue weighted by Crippen LogP contribution is 2.40. The van der Waals surface area contributed by atoms with E-state index in [0.29, 0.717) is 17.3 Å². The summed E-state index contributed by atoms with van der Waals surface area (Å²) in [5, 5.41) is 17.4. The minimum Gasteiger partial charge on any atom is -0.505 e. The molecule has 1 heterocycles. The molecule has 4 rings (SSSR count). The van der Waals surface area contributed by atoms with Gasteiger partial charge in [0.2, 0.25) is 0 Å². The Hall–Kier alpha value is -3.13. The highest BCUT2D eigenvalue weighted by atomic mass is 32.1. The summed E-state index contributed by atoms with van der Waals surface area (Å²) in [5.41, 5.74) is 4.67. The molecule has 3 N–H and O–H groups in total. The van der Waals surface area contributed by atoms with Gasteiger partial charge in [-0.05, 0) is 53.5 Å². The summed E-state index contributed by atoms with van der Waals surface area (Å²) in [4.78, 5) is 13.8. The van der Waals surface area contributed by atoms with Gasteiger partial charge in [0.25, 0.3) is 5.91 Å². The van der Waals surface area contributed by atoms with E-state index in [0.717, 1.165) is 24.6 Å². The number of benzene rings is 2. The van der Waals surface area contributed by atoms with Crippen LogP contribution in [-0.2, 0) is 12.8 Å². The third kappa shape index (κ3) is 4.80. The molecule has 0 bridgehead atoms. The van der Waals surface area contributed by atoms with Crippen LogP contribution in [-0.4, -0.2) is 38.8 Å². The second-order valence-electron chi connectivity index (χ2n) is 9.81. The number of fused-ring (bicyclic) bond motifs is 1. The molecule has 3 aromatic rings. The number of amides is 1. The first-order chi connectivity index (χ1) is 15.6. The lowest BCUT2D eigenvalue weighted by Gasteiger charge is -2.32. The number of aromatic nitrogens is 2. The Morgan fingerprint density at radius 3 is 2.55 bits per heavy atom. The largest absolute Gasteiger partial charge is 0.505 e. The number of aromatic hydroxyl groups is 1. The first-order valence-electron chi connectivity index (χ1n) is 11.2. The molecule has 0 radical (unpaired) electrons. The van der Waals surface area contributed by atoms with Crippen LogP contribution in [0.5, 0.6) is 5.75 Å². The number of phenolic OH excluding ortho intramolecular Hbond substituents is 1. The number of hydrogen-bond donors (Lipinski definition) is 3. The van der Waals surface area contributed by atoms with Crippen molar-refractivity contribution in [3.63, 3.8) is 0 Å². The molecule has 0 fully saturated rings. The van der Waals surface area contributed by atoms with Crippen LogP contribution in [0.2, 0.25) is 0 Å². The SMILES string of the molecule is CN(C)C(=O)c1cccc(Nc2nsnc2N[C@@H](c2ccc3c(c2)CCC3)C(C)(C)C)c1O. The van der Waals surface area contributed by atoms with Crippen LogP contribution >= 0.6 is 11.7 Å². The summed E-state index contributed by atoms with van der Waals surface area (Å²) in [6, 6.07) is 11.8. The van der Waals surface area contributed by atoms with Crippen molar-refractivity contribution in [3.05, 3.63) is 58.7 Å². The number of nitrogens with zero attached hydrogens (tertiary/aromatic N) is 3. The van der Waals surface area contributed by atoms with E-state index in [1.165, 1.54) is 28.0 Å². The topological polar surface area (TPSA) is 90.4 Å². The van der Waals surface area contributed by atoms with Gasteiger partial charge in [0.05, 0.1) is 29.0 Å². The highest BCUT2D eigenvalue weighted by molar-refractivity contribution is 6.99. The summed E-state index contributed by atoms with van der Waals surface area (Å²) in [6.45, 7) is 6.60. The van der Waals surface area contributed by atoms with Gasteiger partial charge in [-0.25, -0.2) is 0 Å². The molecule has 0 saturated carbocycles. The Morgan fingerprint density at radius 1 is 1.09 bits per heavy atom. The average Bonchev–Trinajstić information content (AvgIpc) is 3.40. The van der Waals surface area contributed by atoms with Crippen molar-refractivity contribution in [2.24, 2.45) is 5.41 Å². The van der Waals surface area contributed by atoms with Crippen molar-refractivity contribution >= 4 is 35.0 Å². The maximum absolute atomic E-state index is 12.4. The van der Waals surface area contributed by atoms with Crippen molar-refractivity contribution in [1.29, 1.82) is 0 Å². The van der Waals surface area contributed by atoms with Crippen LogP contribution in [0.25, 0.3) is 0 Å². The predicted molar refractivity (Wildman–Crippen MR) is 134 cm³/mol. The fourth-order valence-electron chi connectivity index (χ4n) is 4.26. The van der Waals surface area contributed by atoms with Gasteiger partial charge in [0.1, 0.15) is 0 Å². The van der Waals surface area contributed by atoms with E-state index in [9.17, 15) is 9.90 Å². The fraction of sp³-hybridized carbons (Fsp3) is 0.400. The molecule has 174 valence electrons. The number of rotatable bonds is 6. The van der Waals surface area contributed by atoms with Crippen LogP contribution in [0.3, 0.4) is 0 Å². The quantitative estimate of drug-likeness (QED) is 0.424. The zero-order valence-corrected chi connectivity index (χ0v) is 20.6. The number of para-hydroxylation sites is 1. The average molecular weight is 466 g/mol. The van der Waals surface area contributed by atoms with Crippen molar-refractivity contribution in [1.82, 2.24) is 13.6 Å². The Bertz CT molecular complexity index is 1170. The van der Waals surface area contributed by atoms with Gasteiger partial charge < -0.3 is 20.6 Å². The number of carbonyl (C=O) groups is 1. The van der Waals surface area contributed by atoms with Gasteiger partial charge in [0, 0.05) is 14.1 Å². The molecule has 0 saturated heterocycles. The van der Waals surface area contributed by atoms with Crippen LogP contribution in [0, 0.1) is 5.41 Å². The third-order valence-corrected chi connectivity index (χ3v) is 6.55. The predicted octanol–water partition coefficient (Wildman–Crippen LogP) is 5.38. The summed E-state index contributed by atoms with van der Waals surface area (Å²) in [7, 11) is 3.31. The lowest BCUT2D eigenvalue weighted by Crippen LogP contribution is -2.26. The molecule has 0 aliphatic heterocycles. The number of anilines is 3. The fourth-order valence-corrected chi connectivity index (χ4v) is 4.73. The first kappa shape index (κ1) is 23.0. The van der Waals surface area contributed by atoms with E-state index >= 15 is 0 Å². The van der Waals surface area contributed by atoms with Gasteiger partial charge >= 0.3 is 0 Å². The van der Waals surface area contributed by atoms with Crippen LogP contribution < -0.4 is 10.6 Å². The van der Waals surface area contributed by atoms with E-state index in [-0.39, 0.29) is 28.7 Å². The molecule has 1 atom stereocenters. The normalized spacial score (nSPS) is 14.0. The Balaban J connectivity index is 1.62. The zero-order chi connectivity index (χ0) is 23.8. The molecule has 33 heavy (non-hydrogen) atoms. The first-order valence-corrected chi connectivity index (χ1v) is 11.9. The number of aryl methyl sites for hydroxylation is 2. The van der Waals surface area contributed by atoms with E-state index in [4.69, 9.17) is 0 Å². The monoisotopic (exact) mass is 465 g/mol. The molecule has 1 amide bonds. The van der Waals surface area contributed by atoms with Crippen molar-refractivity contribution < 1.29 is 9.90 Å². The van der Waals surface area contributed by atoms with E-state index in [2.05, 4.69) is 58.4 Å². The van der Waals surface area contributed by atoms with Crippen molar-refractivity contribution in [2.45, 2.75) is 46.1 Å². The van der Waals surface area contributed by atoms with Gasteiger partial charge in [-0.2, -0.15) is 8.75 Å². The second-order valence-corrected chi connectivity index (χ2v) is 10.3. The van der Waals surface area contributed by atoms with E-state index in [1.54, 1.807) is 32.3 Å². The molecule has 0 spiro atoms. The number of hydrogen-bond acceptors (Lipinski definition) is 7. The summed E-state index contributed by atoms with van der Waals surface area (Å²) >= 11 is 1.09. The van der Waals surface area contributed by atoms with E-state index in [1.807, 2.05) is 0 Å². The molecule has 7 nitrogen and oxygen atoms in total. The zero-order valence-electron chi connectivity index (χ0n) is 19.8. The summed E-state index contributed by atoms with van der Waals surface area (Å²) < 4.78 is 8.88.